The summed E-state index contributed by atoms with van der Waals surface area (Å²) in [5, 5.41) is 5.63. The van der Waals surface area contributed by atoms with Gasteiger partial charge < -0.3 is 15.5 Å². The highest BCUT2D eigenvalue weighted by atomic mass is 32.2. The molecule has 1 atom stereocenters. The van der Waals surface area contributed by atoms with Crippen molar-refractivity contribution in [2.24, 2.45) is 4.99 Å². The number of carbonyl (C=O) groups excluding carboxylic acids is 3. The second-order valence-electron chi connectivity index (χ2n) is 11.7. The predicted molar refractivity (Wildman–Crippen MR) is 182 cm³/mol. The maximum atomic E-state index is 14.2. The Balaban J connectivity index is 1.24. The number of nitrogens with zero attached hydrogens (tertiary/aromatic N) is 2. The van der Waals surface area contributed by atoms with Crippen molar-refractivity contribution in [3.8, 4) is 0 Å². The van der Waals surface area contributed by atoms with Crippen molar-refractivity contribution in [2.45, 2.75) is 54.6 Å². The van der Waals surface area contributed by atoms with Gasteiger partial charge in [-0.25, -0.2) is 13.4 Å². The minimum atomic E-state index is -4.14. The molecule has 1 aliphatic heterocycles. The van der Waals surface area contributed by atoms with Crippen LogP contribution in [0.5, 0.6) is 0 Å². The van der Waals surface area contributed by atoms with Gasteiger partial charge in [-0.3, -0.25) is 14.4 Å². The largest absolute Gasteiger partial charge is 0.347 e. The van der Waals surface area contributed by atoms with E-state index in [1.165, 1.54) is 11.0 Å². The molecule has 47 heavy (non-hydrogen) atoms. The van der Waals surface area contributed by atoms with Crippen LogP contribution in [-0.4, -0.2) is 50.6 Å². The number of carbonyl (C=O) groups is 3. The van der Waals surface area contributed by atoms with Crippen LogP contribution in [0.3, 0.4) is 0 Å². The summed E-state index contributed by atoms with van der Waals surface area (Å²) >= 11 is 1.03. The Morgan fingerprint density at radius 2 is 1.55 bits per heavy atom. The molecule has 3 amide bonds. The summed E-state index contributed by atoms with van der Waals surface area (Å²) in [4.78, 5) is 47.3. The Morgan fingerprint density at radius 1 is 0.894 bits per heavy atom. The second-order valence-corrected chi connectivity index (χ2v) is 14.7. The van der Waals surface area contributed by atoms with Gasteiger partial charge in [-0.1, -0.05) is 86.0 Å². The van der Waals surface area contributed by atoms with E-state index in [0.717, 1.165) is 28.9 Å². The number of hydrogen-bond acceptors (Lipinski definition) is 7. The van der Waals surface area contributed by atoms with Gasteiger partial charge in [-0.2, -0.15) is 4.72 Å². The minimum Gasteiger partial charge on any atom is -0.347 e. The van der Waals surface area contributed by atoms with Crippen LogP contribution in [0, 0.1) is 0 Å². The average molecular weight is 670 g/mol. The van der Waals surface area contributed by atoms with Gasteiger partial charge in [0.25, 0.3) is 21.8 Å². The first-order valence-electron chi connectivity index (χ1n) is 15.4. The summed E-state index contributed by atoms with van der Waals surface area (Å²) < 4.78 is 30.3. The van der Waals surface area contributed by atoms with E-state index < -0.39 is 33.5 Å². The molecule has 10 nitrogen and oxygen atoms in total. The fraction of sp³-hybridized carbons (Fsp3) is 0.257. The molecule has 0 bridgehead atoms. The highest BCUT2D eigenvalue weighted by Gasteiger charge is 2.45. The average Bonchev–Trinajstić information content (AvgIpc) is 3.56. The van der Waals surface area contributed by atoms with Crippen LogP contribution in [0.15, 0.2) is 106 Å². The number of benzene rings is 3. The van der Waals surface area contributed by atoms with E-state index in [9.17, 15) is 22.8 Å². The fourth-order valence-electron chi connectivity index (χ4n) is 6.00. The lowest BCUT2D eigenvalue weighted by atomic mass is 9.82. The Hall–Kier alpha value is -4.65. The van der Waals surface area contributed by atoms with Gasteiger partial charge in [0.05, 0.1) is 17.9 Å². The molecule has 6 rings (SSSR count). The molecule has 242 valence electrons. The van der Waals surface area contributed by atoms with Gasteiger partial charge >= 0.3 is 0 Å². The van der Waals surface area contributed by atoms with Crippen molar-refractivity contribution in [2.75, 3.05) is 11.9 Å². The highest BCUT2D eigenvalue weighted by Crippen LogP contribution is 2.33. The van der Waals surface area contributed by atoms with E-state index in [4.69, 9.17) is 4.99 Å². The van der Waals surface area contributed by atoms with E-state index in [2.05, 4.69) is 15.4 Å². The number of fused-ring (bicyclic) bond motifs is 1. The van der Waals surface area contributed by atoms with Crippen molar-refractivity contribution < 1.29 is 22.8 Å². The number of anilines is 1. The van der Waals surface area contributed by atoms with Gasteiger partial charge in [-0.05, 0) is 43.2 Å². The number of thiophene rings is 1. The van der Waals surface area contributed by atoms with Crippen molar-refractivity contribution in [1.29, 1.82) is 0 Å². The van der Waals surface area contributed by atoms with Gasteiger partial charge in [0.15, 0.2) is 0 Å². The summed E-state index contributed by atoms with van der Waals surface area (Å²) in [6, 6.07) is 28.7. The molecule has 3 N–H and O–H groups in total. The standard InChI is InChI=1S/C35H35N5O5S2/c1-40-28-18-10-9-17-27(28)30(24-13-5-2-6-14-24)37-31(33(40)42)38-34(43)35(21-11-4-12-22-35)39-47(44,45)29-20-19-26(46-29)23-36-32(41)25-15-7-3-8-16-25/h2-3,5-10,13-20,31,39H,4,11-12,21-23H2,1H3,(H,36,41)(H,38,43). The zero-order chi connectivity index (χ0) is 33.0. The van der Waals surface area contributed by atoms with Gasteiger partial charge in [0, 0.05) is 28.6 Å². The molecule has 0 saturated heterocycles. The van der Waals surface area contributed by atoms with Crippen LogP contribution in [0.25, 0.3) is 0 Å². The summed E-state index contributed by atoms with van der Waals surface area (Å²) in [5.74, 6) is -1.30. The summed E-state index contributed by atoms with van der Waals surface area (Å²) in [7, 11) is -2.50. The van der Waals surface area contributed by atoms with Gasteiger partial charge in [-0.15, -0.1) is 11.3 Å². The number of likely N-dealkylation sites (N-methyl/N-ethyl adjacent to an activating group) is 1. The van der Waals surface area contributed by atoms with E-state index in [-0.39, 0.29) is 29.5 Å². The van der Waals surface area contributed by atoms with E-state index in [0.29, 0.717) is 34.7 Å². The molecule has 4 aromatic rings. The molecular formula is C35H35N5O5S2. The van der Waals surface area contributed by atoms with Crippen molar-refractivity contribution in [1.82, 2.24) is 15.4 Å². The number of sulfonamides is 1. The lowest BCUT2D eigenvalue weighted by Crippen LogP contribution is -2.62. The molecule has 1 saturated carbocycles. The number of amides is 3. The summed E-state index contributed by atoms with van der Waals surface area (Å²) in [6.45, 7) is 0.154. The number of benzodiazepines with no additional fused rings is 1. The SMILES string of the molecule is CN1C(=O)C(NC(=O)C2(NS(=O)(=O)c3ccc(CNC(=O)c4ccccc4)s3)CCCCC2)N=C(c2ccccc2)c2ccccc21. The van der Waals surface area contributed by atoms with Crippen LogP contribution < -0.4 is 20.3 Å². The summed E-state index contributed by atoms with van der Waals surface area (Å²) in [6.07, 6.45) is 1.41. The van der Waals surface area contributed by atoms with Crippen LogP contribution >= 0.6 is 11.3 Å². The number of rotatable bonds is 9. The third kappa shape index (κ3) is 6.90. The Labute approximate surface area is 278 Å². The third-order valence-electron chi connectivity index (χ3n) is 8.49. The van der Waals surface area contributed by atoms with Crippen LogP contribution in [0.1, 0.15) is 58.5 Å². The minimum absolute atomic E-state index is 0.0318. The van der Waals surface area contributed by atoms with Crippen molar-refractivity contribution in [3.05, 3.63) is 119 Å². The van der Waals surface area contributed by atoms with Crippen molar-refractivity contribution >= 4 is 50.5 Å². The van der Waals surface area contributed by atoms with Crippen molar-refractivity contribution in [3.63, 3.8) is 0 Å². The molecule has 2 heterocycles. The first-order chi connectivity index (χ1) is 22.7. The predicted octanol–water partition coefficient (Wildman–Crippen LogP) is 4.62. The Morgan fingerprint density at radius 3 is 2.28 bits per heavy atom. The van der Waals surface area contributed by atoms with E-state index in [1.54, 1.807) is 37.4 Å². The molecule has 2 aliphatic rings. The molecule has 12 heteroatoms. The molecule has 1 fully saturated rings. The Kier molecular flexibility index (Phi) is 9.35. The van der Waals surface area contributed by atoms with Crippen LogP contribution in [0.4, 0.5) is 5.69 Å². The maximum absolute atomic E-state index is 14.2. The lowest BCUT2D eigenvalue weighted by molar-refractivity contribution is -0.132. The molecule has 1 aromatic heterocycles. The summed E-state index contributed by atoms with van der Waals surface area (Å²) in [5.41, 5.74) is 1.76. The second kappa shape index (κ2) is 13.6. The molecule has 1 unspecified atom stereocenters. The monoisotopic (exact) mass is 669 g/mol. The molecule has 3 aromatic carbocycles. The normalized spacial score (nSPS) is 17.6. The molecular weight excluding hydrogens is 635 g/mol. The number of aliphatic imine (C=N–C) groups is 1. The van der Waals surface area contributed by atoms with Crippen LogP contribution in [0.2, 0.25) is 0 Å². The third-order valence-corrected chi connectivity index (χ3v) is 11.6. The smallest absolute Gasteiger partial charge is 0.272 e. The molecule has 0 radical (unpaired) electrons. The topological polar surface area (TPSA) is 137 Å². The molecule has 0 spiro atoms. The van der Waals surface area contributed by atoms with Gasteiger partial charge in [0.1, 0.15) is 9.75 Å². The first kappa shape index (κ1) is 32.3. The first-order valence-corrected chi connectivity index (χ1v) is 17.7. The Bertz CT molecular complexity index is 1920. The number of hydrogen-bond donors (Lipinski definition) is 3. The van der Waals surface area contributed by atoms with Gasteiger partial charge in [0.2, 0.25) is 12.1 Å². The number of nitrogens with one attached hydrogen (secondary N) is 3. The molecule has 1 aliphatic carbocycles. The highest BCUT2D eigenvalue weighted by molar-refractivity contribution is 7.91. The zero-order valence-electron chi connectivity index (χ0n) is 25.8. The fourth-order valence-corrected chi connectivity index (χ4v) is 8.72. The number of para-hydroxylation sites is 1. The van der Waals surface area contributed by atoms with E-state index >= 15 is 0 Å². The zero-order valence-corrected chi connectivity index (χ0v) is 27.4. The van der Waals surface area contributed by atoms with E-state index in [1.807, 2.05) is 60.7 Å². The van der Waals surface area contributed by atoms with Crippen LogP contribution in [-0.2, 0) is 26.2 Å². The lowest BCUT2D eigenvalue weighted by Gasteiger charge is -2.36. The maximum Gasteiger partial charge on any atom is 0.272 e. The quantitative estimate of drug-likeness (QED) is 0.239.